The smallest absolute Gasteiger partial charge is 0.246 e. The quantitative estimate of drug-likeness (QED) is 0.577. The molecular weight excluding hydrogens is 442 g/mol. The summed E-state index contributed by atoms with van der Waals surface area (Å²) in [4.78, 5) is 34.3. The lowest BCUT2D eigenvalue weighted by Gasteiger charge is -2.47. The van der Waals surface area contributed by atoms with Gasteiger partial charge in [0.1, 0.15) is 6.04 Å². The fourth-order valence-corrected chi connectivity index (χ4v) is 5.47. The second-order valence-electron chi connectivity index (χ2n) is 10.2. The van der Waals surface area contributed by atoms with E-state index in [2.05, 4.69) is 24.9 Å². The highest BCUT2D eigenvalue weighted by atomic mass is 16.5. The first kappa shape index (κ1) is 23.3. The molecule has 5 rings (SSSR count). The number of fused-ring (bicyclic) bond motifs is 4. The van der Waals surface area contributed by atoms with Crippen LogP contribution in [0.15, 0.2) is 42.5 Å². The van der Waals surface area contributed by atoms with Crippen LogP contribution in [0.1, 0.15) is 50.6 Å². The molecule has 3 aromatic rings. The van der Waals surface area contributed by atoms with Crippen LogP contribution in [0.3, 0.4) is 0 Å². The maximum absolute atomic E-state index is 13.7. The molecule has 1 aromatic heterocycles. The van der Waals surface area contributed by atoms with E-state index < -0.39 is 12.1 Å². The van der Waals surface area contributed by atoms with Gasteiger partial charge in [-0.05, 0) is 49.1 Å². The average molecular weight is 476 g/mol. The van der Waals surface area contributed by atoms with Crippen LogP contribution in [0.4, 0.5) is 0 Å². The van der Waals surface area contributed by atoms with Crippen LogP contribution in [0.5, 0.6) is 11.5 Å². The summed E-state index contributed by atoms with van der Waals surface area (Å²) in [7, 11) is 1.61. The van der Waals surface area contributed by atoms with Crippen molar-refractivity contribution in [1.29, 1.82) is 0 Å². The predicted octanol–water partition coefficient (Wildman–Crippen LogP) is 4.30. The Balaban J connectivity index is 1.66. The molecule has 2 amide bonds. The second-order valence-corrected chi connectivity index (χ2v) is 10.2. The number of hydrogen-bond donors (Lipinski definition) is 1. The predicted molar refractivity (Wildman–Crippen MR) is 135 cm³/mol. The molecule has 184 valence electrons. The van der Waals surface area contributed by atoms with E-state index in [-0.39, 0.29) is 24.5 Å². The number of methoxy groups -OCH3 is 1. The number of benzene rings is 2. The second kappa shape index (κ2) is 8.95. The highest BCUT2D eigenvalue weighted by molar-refractivity contribution is 5.97. The van der Waals surface area contributed by atoms with Crippen molar-refractivity contribution in [2.75, 3.05) is 20.2 Å². The molecule has 2 unspecified atom stereocenters. The first-order valence-corrected chi connectivity index (χ1v) is 12.3. The summed E-state index contributed by atoms with van der Waals surface area (Å²) in [5.74, 6) is 1.53. The van der Waals surface area contributed by atoms with Crippen molar-refractivity contribution in [3.63, 3.8) is 0 Å². The molecule has 2 aliphatic heterocycles. The van der Waals surface area contributed by atoms with E-state index in [0.29, 0.717) is 30.4 Å². The number of para-hydroxylation sites is 1. The van der Waals surface area contributed by atoms with Gasteiger partial charge >= 0.3 is 0 Å². The van der Waals surface area contributed by atoms with E-state index in [1.807, 2.05) is 50.2 Å². The largest absolute Gasteiger partial charge is 0.493 e. The maximum atomic E-state index is 13.7. The third kappa shape index (κ3) is 4.03. The van der Waals surface area contributed by atoms with Crippen molar-refractivity contribution < 1.29 is 19.1 Å². The van der Waals surface area contributed by atoms with Crippen molar-refractivity contribution in [3.05, 3.63) is 59.3 Å². The van der Waals surface area contributed by atoms with Crippen LogP contribution in [-0.4, -0.2) is 58.9 Å². The van der Waals surface area contributed by atoms with Crippen LogP contribution < -0.4 is 9.47 Å². The molecule has 0 aliphatic carbocycles. The summed E-state index contributed by atoms with van der Waals surface area (Å²) in [6.45, 7) is 8.76. The normalized spacial score (nSPS) is 20.0. The summed E-state index contributed by atoms with van der Waals surface area (Å²) >= 11 is 0. The van der Waals surface area contributed by atoms with E-state index in [1.54, 1.807) is 16.9 Å². The van der Waals surface area contributed by atoms with E-state index in [4.69, 9.17) is 9.47 Å². The molecule has 1 N–H and O–H groups in total. The van der Waals surface area contributed by atoms with Crippen molar-refractivity contribution in [2.24, 2.45) is 5.92 Å². The number of aromatic amines is 1. The van der Waals surface area contributed by atoms with Gasteiger partial charge in [0.15, 0.2) is 11.5 Å². The first-order chi connectivity index (χ1) is 16.8. The minimum absolute atomic E-state index is 0.00218. The lowest BCUT2D eigenvalue weighted by molar-refractivity contribution is -0.159. The third-order valence-electron chi connectivity index (χ3n) is 6.79. The van der Waals surface area contributed by atoms with Crippen LogP contribution in [-0.2, 0) is 16.0 Å². The number of piperazine rings is 1. The molecular formula is C28H33N3O4. The monoisotopic (exact) mass is 475 g/mol. The van der Waals surface area contributed by atoms with Gasteiger partial charge in [0, 0.05) is 29.6 Å². The van der Waals surface area contributed by atoms with Gasteiger partial charge in [-0.2, -0.15) is 0 Å². The lowest BCUT2D eigenvalue weighted by Crippen LogP contribution is -2.63. The topological polar surface area (TPSA) is 74.9 Å². The number of carbonyl (C=O) groups excluding carboxylic acids is 2. The van der Waals surface area contributed by atoms with E-state index >= 15 is 0 Å². The highest BCUT2D eigenvalue weighted by Gasteiger charge is 2.48. The van der Waals surface area contributed by atoms with Crippen LogP contribution in [0.2, 0.25) is 0 Å². The zero-order valence-corrected chi connectivity index (χ0v) is 21.0. The SMILES string of the molecule is COc1cc(C2c3[nH]c4ccccc4c3CC3C(=O)N(CC(C)C)CC(=O)N32)ccc1OC(C)C. The van der Waals surface area contributed by atoms with Gasteiger partial charge in [0.25, 0.3) is 0 Å². The van der Waals surface area contributed by atoms with Gasteiger partial charge in [0.2, 0.25) is 11.8 Å². The standard InChI is InChI=1S/C28H33N3O4/c1-16(2)14-30-15-25(32)31-22(28(30)33)13-20-19-8-6-7-9-21(19)29-26(20)27(31)18-10-11-23(35-17(3)4)24(12-18)34-5/h6-12,16-17,22,27,29H,13-15H2,1-5H3. The van der Waals surface area contributed by atoms with E-state index in [0.717, 1.165) is 27.7 Å². The molecule has 1 fully saturated rings. The number of aromatic nitrogens is 1. The molecule has 0 saturated carbocycles. The number of rotatable bonds is 6. The van der Waals surface area contributed by atoms with Crippen LogP contribution >= 0.6 is 0 Å². The van der Waals surface area contributed by atoms with Gasteiger partial charge in [-0.1, -0.05) is 38.1 Å². The highest BCUT2D eigenvalue weighted by Crippen LogP contribution is 2.44. The minimum Gasteiger partial charge on any atom is -0.493 e. The Labute approximate surface area is 206 Å². The number of nitrogens with one attached hydrogen (secondary N) is 1. The fourth-order valence-electron chi connectivity index (χ4n) is 5.47. The molecule has 7 nitrogen and oxygen atoms in total. The average Bonchev–Trinajstić information content (AvgIpc) is 3.19. The number of H-pyrrole nitrogens is 1. The van der Waals surface area contributed by atoms with Gasteiger partial charge in [-0.25, -0.2) is 0 Å². The van der Waals surface area contributed by atoms with E-state index in [9.17, 15) is 9.59 Å². The molecule has 7 heteroatoms. The van der Waals surface area contributed by atoms with Gasteiger partial charge in [0.05, 0.1) is 25.8 Å². The zero-order valence-electron chi connectivity index (χ0n) is 21.0. The number of carbonyl (C=O) groups is 2. The molecule has 2 aromatic carbocycles. The Hall–Kier alpha value is -3.48. The van der Waals surface area contributed by atoms with Crippen LogP contribution in [0.25, 0.3) is 10.9 Å². The molecule has 1 saturated heterocycles. The summed E-state index contributed by atoms with van der Waals surface area (Å²) in [5, 5.41) is 1.10. The summed E-state index contributed by atoms with van der Waals surface area (Å²) in [5.41, 5.74) is 3.95. The molecule has 2 aliphatic rings. The number of hydrogen-bond acceptors (Lipinski definition) is 4. The van der Waals surface area contributed by atoms with Crippen molar-refractivity contribution in [2.45, 2.75) is 52.3 Å². The van der Waals surface area contributed by atoms with Gasteiger partial charge < -0.3 is 24.3 Å². The molecule has 0 spiro atoms. The third-order valence-corrected chi connectivity index (χ3v) is 6.79. The Morgan fingerprint density at radius 3 is 2.54 bits per heavy atom. The molecule has 0 radical (unpaired) electrons. The Kier molecular flexibility index (Phi) is 5.95. The summed E-state index contributed by atoms with van der Waals surface area (Å²) in [6.07, 6.45) is 0.503. The summed E-state index contributed by atoms with van der Waals surface area (Å²) < 4.78 is 11.6. The van der Waals surface area contributed by atoms with E-state index in [1.165, 1.54) is 0 Å². The number of amides is 2. The number of nitrogens with zero attached hydrogens (tertiary/aromatic N) is 2. The minimum atomic E-state index is -0.538. The Morgan fingerprint density at radius 2 is 1.83 bits per heavy atom. The molecule has 2 atom stereocenters. The Morgan fingerprint density at radius 1 is 1.06 bits per heavy atom. The lowest BCUT2D eigenvalue weighted by atomic mass is 9.86. The van der Waals surface area contributed by atoms with Gasteiger partial charge in [-0.15, -0.1) is 0 Å². The molecule has 3 heterocycles. The number of ether oxygens (including phenoxy) is 2. The van der Waals surface area contributed by atoms with Gasteiger partial charge in [-0.3, -0.25) is 9.59 Å². The summed E-state index contributed by atoms with van der Waals surface area (Å²) in [6, 6.07) is 13.0. The van der Waals surface area contributed by atoms with Crippen molar-refractivity contribution in [1.82, 2.24) is 14.8 Å². The van der Waals surface area contributed by atoms with Crippen LogP contribution in [0, 0.1) is 5.92 Å². The fraction of sp³-hybridized carbons (Fsp3) is 0.429. The molecule has 0 bridgehead atoms. The maximum Gasteiger partial charge on any atom is 0.246 e. The van der Waals surface area contributed by atoms with Crippen molar-refractivity contribution >= 4 is 22.7 Å². The zero-order chi connectivity index (χ0) is 24.9. The van der Waals surface area contributed by atoms with Crippen molar-refractivity contribution in [3.8, 4) is 11.5 Å². The Bertz CT molecular complexity index is 1280. The first-order valence-electron chi connectivity index (χ1n) is 12.3. The molecule has 35 heavy (non-hydrogen) atoms.